The Kier molecular flexibility index (Phi) is 3.88. The molecule has 1 fully saturated rings. The lowest BCUT2D eigenvalue weighted by atomic mass is 10.3. The van der Waals surface area contributed by atoms with Crippen LogP contribution in [-0.2, 0) is 9.53 Å². The van der Waals surface area contributed by atoms with Gasteiger partial charge >= 0.3 is 5.97 Å². The van der Waals surface area contributed by atoms with E-state index in [2.05, 4.69) is 20.1 Å². The number of amides is 1. The molecule has 0 spiro atoms. The lowest BCUT2D eigenvalue weighted by molar-refractivity contribution is -0.142. The Labute approximate surface area is 104 Å². The summed E-state index contributed by atoms with van der Waals surface area (Å²) in [4.78, 5) is 26.7. The molecule has 0 atom stereocenters. The van der Waals surface area contributed by atoms with Crippen molar-refractivity contribution in [2.75, 3.05) is 39.8 Å². The summed E-state index contributed by atoms with van der Waals surface area (Å²) in [6, 6.07) is 0. The van der Waals surface area contributed by atoms with Crippen LogP contribution in [0.3, 0.4) is 0 Å². The number of methoxy groups -OCH3 is 1. The number of hydrogen-bond donors (Lipinski definition) is 1. The number of aromatic amines is 1. The van der Waals surface area contributed by atoms with Gasteiger partial charge in [-0.25, -0.2) is 0 Å². The predicted molar refractivity (Wildman–Crippen MR) is 60.7 cm³/mol. The van der Waals surface area contributed by atoms with Gasteiger partial charge < -0.3 is 9.64 Å². The van der Waals surface area contributed by atoms with Crippen molar-refractivity contribution < 1.29 is 14.3 Å². The second-order valence-electron chi connectivity index (χ2n) is 4.00. The van der Waals surface area contributed by atoms with Gasteiger partial charge in [-0.2, -0.15) is 15.4 Å². The van der Waals surface area contributed by atoms with Crippen LogP contribution in [0.4, 0.5) is 0 Å². The van der Waals surface area contributed by atoms with E-state index in [4.69, 9.17) is 0 Å². The molecule has 8 heteroatoms. The molecule has 1 N–H and O–H groups in total. The molecule has 2 heterocycles. The number of carbonyl (C=O) groups excluding carboxylic acids is 2. The molecule has 1 amide bonds. The smallest absolute Gasteiger partial charge is 0.319 e. The number of nitrogens with one attached hydrogen (secondary N) is 1. The highest BCUT2D eigenvalue weighted by molar-refractivity contribution is 5.91. The summed E-state index contributed by atoms with van der Waals surface area (Å²) in [7, 11) is 1.37. The average molecular weight is 253 g/mol. The van der Waals surface area contributed by atoms with Gasteiger partial charge in [0.15, 0.2) is 5.69 Å². The van der Waals surface area contributed by atoms with E-state index in [-0.39, 0.29) is 18.4 Å². The number of nitrogens with zero attached hydrogens (tertiary/aromatic N) is 4. The Morgan fingerprint density at radius 1 is 1.39 bits per heavy atom. The topological polar surface area (TPSA) is 91.4 Å². The quantitative estimate of drug-likeness (QED) is 0.676. The number of rotatable bonds is 3. The van der Waals surface area contributed by atoms with Crippen molar-refractivity contribution in [1.29, 1.82) is 0 Å². The van der Waals surface area contributed by atoms with Crippen molar-refractivity contribution in [3.05, 3.63) is 11.9 Å². The number of esters is 1. The summed E-state index contributed by atoms with van der Waals surface area (Å²) in [6.45, 7) is 2.71. The Morgan fingerprint density at radius 3 is 2.67 bits per heavy atom. The minimum Gasteiger partial charge on any atom is -0.468 e. The van der Waals surface area contributed by atoms with Crippen molar-refractivity contribution in [2.24, 2.45) is 0 Å². The molecule has 8 nitrogen and oxygen atoms in total. The zero-order valence-corrected chi connectivity index (χ0v) is 10.1. The first-order valence-electron chi connectivity index (χ1n) is 5.65. The first-order chi connectivity index (χ1) is 8.70. The lowest BCUT2D eigenvalue weighted by Crippen LogP contribution is -2.50. The number of ether oxygens (including phenoxy) is 1. The van der Waals surface area contributed by atoms with Crippen LogP contribution < -0.4 is 0 Å². The van der Waals surface area contributed by atoms with Gasteiger partial charge in [-0.15, -0.1) is 0 Å². The molecule has 0 bridgehead atoms. The molecular formula is C10H15N5O3. The fourth-order valence-corrected chi connectivity index (χ4v) is 1.82. The standard InChI is InChI=1S/C10H15N5O3/c1-18-9(16)7-14-2-4-15(5-3-14)10(17)8-6-11-13-12-8/h6H,2-5,7H2,1H3,(H,11,12,13). The monoisotopic (exact) mass is 253 g/mol. The van der Waals surface area contributed by atoms with Crippen LogP contribution in [0.2, 0.25) is 0 Å². The first kappa shape index (κ1) is 12.5. The van der Waals surface area contributed by atoms with Gasteiger partial charge in [0.1, 0.15) is 0 Å². The zero-order valence-electron chi connectivity index (χ0n) is 10.1. The second-order valence-corrected chi connectivity index (χ2v) is 4.00. The van der Waals surface area contributed by atoms with Gasteiger partial charge in [-0.1, -0.05) is 0 Å². The molecule has 0 radical (unpaired) electrons. The highest BCUT2D eigenvalue weighted by atomic mass is 16.5. The zero-order chi connectivity index (χ0) is 13.0. The molecule has 1 aliphatic heterocycles. The van der Waals surface area contributed by atoms with Crippen molar-refractivity contribution in [3.8, 4) is 0 Å². The SMILES string of the molecule is COC(=O)CN1CCN(C(=O)c2cn[nH]n2)CC1. The Balaban J connectivity index is 1.83. The summed E-state index contributed by atoms with van der Waals surface area (Å²) in [5.41, 5.74) is 0.316. The van der Waals surface area contributed by atoms with Crippen LogP contribution in [0.25, 0.3) is 0 Å². The molecule has 98 valence electrons. The Morgan fingerprint density at radius 2 is 2.11 bits per heavy atom. The third-order valence-corrected chi connectivity index (χ3v) is 2.87. The summed E-state index contributed by atoms with van der Waals surface area (Å²) >= 11 is 0. The van der Waals surface area contributed by atoms with E-state index in [1.807, 2.05) is 4.90 Å². The molecule has 0 unspecified atom stereocenters. The van der Waals surface area contributed by atoms with Crippen molar-refractivity contribution >= 4 is 11.9 Å². The summed E-state index contributed by atoms with van der Waals surface area (Å²) in [5.74, 6) is -0.396. The van der Waals surface area contributed by atoms with Crippen LogP contribution in [0.15, 0.2) is 6.20 Å². The molecule has 1 aromatic heterocycles. The van der Waals surface area contributed by atoms with E-state index in [1.165, 1.54) is 13.3 Å². The fourth-order valence-electron chi connectivity index (χ4n) is 1.82. The molecule has 18 heavy (non-hydrogen) atoms. The maximum Gasteiger partial charge on any atom is 0.319 e. The molecule has 0 aromatic carbocycles. The number of piperazine rings is 1. The van der Waals surface area contributed by atoms with Crippen molar-refractivity contribution in [3.63, 3.8) is 0 Å². The third kappa shape index (κ3) is 2.83. The van der Waals surface area contributed by atoms with Gasteiger partial charge in [0, 0.05) is 26.2 Å². The summed E-state index contributed by atoms with van der Waals surface area (Å²) in [6.07, 6.45) is 1.41. The van der Waals surface area contributed by atoms with Crippen LogP contribution in [-0.4, -0.2) is 76.9 Å². The highest BCUT2D eigenvalue weighted by Gasteiger charge is 2.24. The maximum atomic E-state index is 11.9. The molecule has 0 aliphatic carbocycles. The van der Waals surface area contributed by atoms with E-state index >= 15 is 0 Å². The number of carbonyl (C=O) groups is 2. The van der Waals surface area contributed by atoms with E-state index in [0.29, 0.717) is 31.9 Å². The molecule has 1 aliphatic rings. The minimum atomic E-state index is -0.258. The molecular weight excluding hydrogens is 238 g/mol. The number of H-pyrrole nitrogens is 1. The van der Waals surface area contributed by atoms with Gasteiger partial charge in [0.25, 0.3) is 5.91 Å². The largest absolute Gasteiger partial charge is 0.468 e. The second kappa shape index (κ2) is 5.58. The Hall–Kier alpha value is -1.96. The van der Waals surface area contributed by atoms with Crippen LogP contribution in [0.1, 0.15) is 10.5 Å². The van der Waals surface area contributed by atoms with Crippen LogP contribution >= 0.6 is 0 Å². The lowest BCUT2D eigenvalue weighted by Gasteiger charge is -2.33. The van der Waals surface area contributed by atoms with E-state index in [9.17, 15) is 9.59 Å². The molecule has 2 rings (SSSR count). The minimum absolute atomic E-state index is 0.138. The predicted octanol–water partition coefficient (Wildman–Crippen LogP) is -1.26. The first-order valence-corrected chi connectivity index (χ1v) is 5.65. The molecule has 0 saturated carbocycles. The summed E-state index contributed by atoms with van der Waals surface area (Å²) < 4.78 is 4.60. The van der Waals surface area contributed by atoms with E-state index < -0.39 is 0 Å². The van der Waals surface area contributed by atoms with Gasteiger partial charge in [-0.05, 0) is 0 Å². The van der Waals surface area contributed by atoms with Crippen molar-refractivity contribution in [1.82, 2.24) is 25.2 Å². The molecule has 1 saturated heterocycles. The molecule has 1 aromatic rings. The fraction of sp³-hybridized carbons (Fsp3) is 0.600. The third-order valence-electron chi connectivity index (χ3n) is 2.87. The van der Waals surface area contributed by atoms with Gasteiger partial charge in [-0.3, -0.25) is 14.5 Å². The number of hydrogen-bond acceptors (Lipinski definition) is 6. The van der Waals surface area contributed by atoms with Crippen molar-refractivity contribution in [2.45, 2.75) is 0 Å². The van der Waals surface area contributed by atoms with Gasteiger partial charge in [0.2, 0.25) is 0 Å². The Bertz CT molecular complexity index is 411. The van der Waals surface area contributed by atoms with E-state index in [0.717, 1.165) is 0 Å². The highest BCUT2D eigenvalue weighted by Crippen LogP contribution is 2.05. The van der Waals surface area contributed by atoms with E-state index in [1.54, 1.807) is 4.90 Å². The van der Waals surface area contributed by atoms with Crippen LogP contribution in [0, 0.1) is 0 Å². The normalized spacial score (nSPS) is 16.6. The maximum absolute atomic E-state index is 11.9. The van der Waals surface area contributed by atoms with Gasteiger partial charge in [0.05, 0.1) is 19.9 Å². The average Bonchev–Trinajstić information content (AvgIpc) is 2.92. The van der Waals surface area contributed by atoms with Crippen LogP contribution in [0.5, 0.6) is 0 Å². The number of aromatic nitrogens is 3. The summed E-state index contributed by atoms with van der Waals surface area (Å²) in [5, 5.41) is 9.78.